The highest BCUT2D eigenvalue weighted by Gasteiger charge is 2.09. The highest BCUT2D eigenvalue weighted by atomic mass is 31.1. The zero-order valence-electron chi connectivity index (χ0n) is 4.68. The Morgan fingerprint density at radius 3 is 2.43 bits per heavy atom. The van der Waals surface area contributed by atoms with Gasteiger partial charge in [-0.3, -0.25) is 0 Å². The summed E-state index contributed by atoms with van der Waals surface area (Å²) in [5.74, 6) is 0. The molecule has 0 N–H and O–H groups in total. The van der Waals surface area contributed by atoms with Gasteiger partial charge in [0.25, 0.3) is 0 Å². The molecule has 0 rings (SSSR count). The smallest absolute Gasteiger partial charge is 0.150 e. The van der Waals surface area contributed by atoms with Crippen LogP contribution in [-0.2, 0) is 9.09 Å². The molecule has 0 aromatic heterocycles. The van der Waals surface area contributed by atoms with E-state index in [2.05, 4.69) is 4.52 Å². The SMILES string of the molecule is CCC[P+](=O)OC. The lowest BCUT2D eigenvalue weighted by Gasteiger charge is -1.73. The van der Waals surface area contributed by atoms with Crippen LogP contribution in [0.4, 0.5) is 0 Å². The molecular formula is C4H10O2P+. The fourth-order valence-electron chi connectivity index (χ4n) is 0.274. The van der Waals surface area contributed by atoms with Gasteiger partial charge in [-0.05, 0) is 11.0 Å². The van der Waals surface area contributed by atoms with Gasteiger partial charge >= 0.3 is 8.03 Å². The molecule has 2 nitrogen and oxygen atoms in total. The topological polar surface area (TPSA) is 26.3 Å². The molecular weight excluding hydrogens is 111 g/mol. The van der Waals surface area contributed by atoms with Crippen LogP contribution in [-0.4, -0.2) is 13.3 Å². The van der Waals surface area contributed by atoms with E-state index < -0.39 is 8.03 Å². The third kappa shape index (κ3) is 3.90. The van der Waals surface area contributed by atoms with Crippen molar-refractivity contribution in [3.63, 3.8) is 0 Å². The molecule has 0 aliphatic carbocycles. The highest BCUT2D eigenvalue weighted by Crippen LogP contribution is 2.19. The average molecular weight is 121 g/mol. The maximum Gasteiger partial charge on any atom is 0.507 e. The summed E-state index contributed by atoms with van der Waals surface area (Å²) in [5.41, 5.74) is 0. The monoisotopic (exact) mass is 121 g/mol. The molecule has 0 radical (unpaired) electrons. The molecule has 0 aromatic carbocycles. The molecule has 3 heteroatoms. The number of rotatable bonds is 3. The van der Waals surface area contributed by atoms with Crippen LogP contribution in [0.1, 0.15) is 13.3 Å². The van der Waals surface area contributed by atoms with Crippen LogP contribution < -0.4 is 0 Å². The van der Waals surface area contributed by atoms with E-state index >= 15 is 0 Å². The van der Waals surface area contributed by atoms with Crippen LogP contribution in [0.5, 0.6) is 0 Å². The van der Waals surface area contributed by atoms with Gasteiger partial charge in [-0.25, -0.2) is 0 Å². The first-order valence-electron chi connectivity index (χ1n) is 2.30. The molecule has 0 heterocycles. The molecule has 0 bridgehead atoms. The van der Waals surface area contributed by atoms with E-state index in [1.165, 1.54) is 7.11 Å². The Kier molecular flexibility index (Phi) is 4.26. The van der Waals surface area contributed by atoms with E-state index in [1.807, 2.05) is 6.92 Å². The minimum atomic E-state index is -1.33. The Hall–Kier alpha value is 0.0600. The average Bonchev–Trinajstić information content (AvgIpc) is 1.68. The van der Waals surface area contributed by atoms with Crippen molar-refractivity contribution >= 4 is 8.03 Å². The molecule has 0 aliphatic heterocycles. The Morgan fingerprint density at radius 2 is 2.29 bits per heavy atom. The summed E-state index contributed by atoms with van der Waals surface area (Å²) in [6, 6.07) is 0. The second-order valence-corrected chi connectivity index (χ2v) is 2.72. The Balaban J connectivity index is 3.00. The second-order valence-electron chi connectivity index (χ2n) is 1.24. The van der Waals surface area contributed by atoms with E-state index in [9.17, 15) is 4.57 Å². The standard InChI is InChI=1S/C4H10O2P/c1-3-4-7(5)6-2/h3-4H2,1-2H3/q+1. The Bertz CT molecular complexity index is 62.7. The molecule has 1 atom stereocenters. The fourth-order valence-corrected chi connectivity index (χ4v) is 0.822. The number of hydrogen-bond donors (Lipinski definition) is 0. The van der Waals surface area contributed by atoms with Gasteiger partial charge in [-0.1, -0.05) is 6.92 Å². The van der Waals surface area contributed by atoms with Crippen molar-refractivity contribution in [3.8, 4) is 0 Å². The van der Waals surface area contributed by atoms with Crippen LogP contribution in [0.3, 0.4) is 0 Å². The highest BCUT2D eigenvalue weighted by molar-refractivity contribution is 7.39. The minimum Gasteiger partial charge on any atom is -0.150 e. The summed E-state index contributed by atoms with van der Waals surface area (Å²) in [7, 11) is 0.138. The van der Waals surface area contributed by atoms with Crippen molar-refractivity contribution < 1.29 is 9.09 Å². The zero-order chi connectivity index (χ0) is 5.70. The van der Waals surface area contributed by atoms with Crippen LogP contribution >= 0.6 is 8.03 Å². The third-order valence-electron chi connectivity index (χ3n) is 0.610. The first-order valence-corrected chi connectivity index (χ1v) is 3.66. The van der Waals surface area contributed by atoms with E-state index in [0.717, 1.165) is 6.42 Å². The van der Waals surface area contributed by atoms with Gasteiger partial charge in [0.1, 0.15) is 0 Å². The minimum absolute atomic E-state index is 0.686. The fraction of sp³-hybridized carbons (Fsp3) is 1.00. The third-order valence-corrected chi connectivity index (χ3v) is 1.83. The maximum absolute atomic E-state index is 10.3. The normalized spacial score (nSPS) is 11.4. The molecule has 1 unspecified atom stereocenters. The number of hydrogen-bond acceptors (Lipinski definition) is 2. The molecule has 0 amide bonds. The Labute approximate surface area is 44.7 Å². The zero-order valence-corrected chi connectivity index (χ0v) is 5.57. The largest absolute Gasteiger partial charge is 0.507 e. The maximum atomic E-state index is 10.3. The van der Waals surface area contributed by atoms with Crippen molar-refractivity contribution in [1.82, 2.24) is 0 Å². The Morgan fingerprint density at radius 1 is 1.71 bits per heavy atom. The molecule has 0 fully saturated rings. The second kappa shape index (κ2) is 4.23. The summed E-state index contributed by atoms with van der Waals surface area (Å²) in [5, 5.41) is 0. The van der Waals surface area contributed by atoms with Gasteiger partial charge in [0.05, 0.1) is 7.11 Å². The predicted octanol–water partition coefficient (Wildman–Crippen LogP) is 1.79. The van der Waals surface area contributed by atoms with Crippen molar-refractivity contribution in [2.24, 2.45) is 0 Å². The molecule has 0 saturated carbocycles. The quantitative estimate of drug-likeness (QED) is 0.532. The van der Waals surface area contributed by atoms with Gasteiger partial charge < -0.3 is 0 Å². The van der Waals surface area contributed by atoms with Crippen LogP contribution in [0.15, 0.2) is 0 Å². The van der Waals surface area contributed by atoms with Gasteiger partial charge in [0.15, 0.2) is 6.16 Å². The van der Waals surface area contributed by atoms with Crippen molar-refractivity contribution in [2.45, 2.75) is 13.3 Å². The molecule has 0 saturated heterocycles. The van der Waals surface area contributed by atoms with Crippen LogP contribution in [0, 0.1) is 0 Å². The molecule has 0 aromatic rings. The molecule has 7 heavy (non-hydrogen) atoms. The van der Waals surface area contributed by atoms with E-state index in [4.69, 9.17) is 0 Å². The van der Waals surface area contributed by atoms with Crippen molar-refractivity contribution in [3.05, 3.63) is 0 Å². The summed E-state index contributed by atoms with van der Waals surface area (Å²) >= 11 is 0. The van der Waals surface area contributed by atoms with Crippen molar-refractivity contribution in [2.75, 3.05) is 13.3 Å². The van der Waals surface area contributed by atoms with E-state index in [0.29, 0.717) is 6.16 Å². The first kappa shape index (κ1) is 7.06. The van der Waals surface area contributed by atoms with Gasteiger partial charge in [0.2, 0.25) is 0 Å². The summed E-state index contributed by atoms with van der Waals surface area (Å²) in [6.07, 6.45) is 1.62. The lowest BCUT2D eigenvalue weighted by Crippen LogP contribution is -1.73. The van der Waals surface area contributed by atoms with Crippen LogP contribution in [0.25, 0.3) is 0 Å². The molecule has 0 spiro atoms. The van der Waals surface area contributed by atoms with Gasteiger partial charge in [-0.2, -0.15) is 0 Å². The summed E-state index contributed by atoms with van der Waals surface area (Å²) in [4.78, 5) is 0. The van der Waals surface area contributed by atoms with Crippen LogP contribution in [0.2, 0.25) is 0 Å². The molecule has 42 valence electrons. The van der Waals surface area contributed by atoms with E-state index in [-0.39, 0.29) is 0 Å². The lowest BCUT2D eigenvalue weighted by molar-refractivity contribution is 0.414. The van der Waals surface area contributed by atoms with Gasteiger partial charge in [-0.15, -0.1) is 4.52 Å². The first-order chi connectivity index (χ1) is 3.31. The summed E-state index contributed by atoms with van der Waals surface area (Å²) in [6.45, 7) is 1.98. The van der Waals surface area contributed by atoms with Gasteiger partial charge in [0, 0.05) is 0 Å². The molecule has 0 aliphatic rings. The van der Waals surface area contributed by atoms with Crippen molar-refractivity contribution in [1.29, 1.82) is 0 Å². The summed E-state index contributed by atoms with van der Waals surface area (Å²) < 4.78 is 14.8. The van der Waals surface area contributed by atoms with E-state index in [1.54, 1.807) is 0 Å². The predicted molar refractivity (Wildman–Crippen MR) is 29.8 cm³/mol. The lowest BCUT2D eigenvalue weighted by atomic mass is 10.6.